The first-order valence-corrected chi connectivity index (χ1v) is 36.0. The van der Waals surface area contributed by atoms with E-state index in [-0.39, 0.29) is 31.1 Å². The van der Waals surface area contributed by atoms with Gasteiger partial charge in [-0.15, -0.1) is 0 Å². The maximum absolute atomic E-state index is 12.9. The first-order valence-electron chi connectivity index (χ1n) is 36.0. The molecular formula is C74H138O6. The summed E-state index contributed by atoms with van der Waals surface area (Å²) >= 11 is 0. The number of allylic oxidation sites excluding steroid dienone is 6. The highest BCUT2D eigenvalue weighted by molar-refractivity contribution is 5.71. The summed E-state index contributed by atoms with van der Waals surface area (Å²) in [6.45, 7) is 6.67. The minimum absolute atomic E-state index is 0.0762. The lowest BCUT2D eigenvalue weighted by Gasteiger charge is -2.18. The van der Waals surface area contributed by atoms with Gasteiger partial charge in [0.25, 0.3) is 0 Å². The molecule has 80 heavy (non-hydrogen) atoms. The zero-order chi connectivity index (χ0) is 57.8. The van der Waals surface area contributed by atoms with Gasteiger partial charge in [0.1, 0.15) is 13.2 Å². The van der Waals surface area contributed by atoms with Gasteiger partial charge in [0.2, 0.25) is 0 Å². The number of rotatable bonds is 67. The van der Waals surface area contributed by atoms with Crippen LogP contribution in [0, 0.1) is 0 Å². The Morgan fingerprint density at radius 2 is 0.450 bits per heavy atom. The third-order valence-electron chi connectivity index (χ3n) is 16.4. The van der Waals surface area contributed by atoms with Gasteiger partial charge in [0.05, 0.1) is 0 Å². The zero-order valence-electron chi connectivity index (χ0n) is 54.1. The van der Waals surface area contributed by atoms with E-state index >= 15 is 0 Å². The van der Waals surface area contributed by atoms with Crippen LogP contribution in [0.2, 0.25) is 0 Å². The molecule has 0 amide bonds. The number of hydrogen-bond donors (Lipinski definition) is 0. The lowest BCUT2D eigenvalue weighted by Crippen LogP contribution is -2.30. The molecule has 0 aromatic rings. The Labute approximate surface area is 499 Å². The van der Waals surface area contributed by atoms with Crippen LogP contribution >= 0.6 is 0 Å². The minimum atomic E-state index is -0.782. The van der Waals surface area contributed by atoms with E-state index in [1.807, 2.05) is 0 Å². The van der Waals surface area contributed by atoms with Crippen molar-refractivity contribution in [2.24, 2.45) is 0 Å². The molecule has 0 N–H and O–H groups in total. The van der Waals surface area contributed by atoms with Crippen LogP contribution in [0.25, 0.3) is 0 Å². The molecule has 0 saturated carbocycles. The standard InChI is InChI=1S/C74H138O6/c1-4-7-10-13-16-19-22-25-28-31-32-33-34-35-36-37-38-39-40-41-42-43-44-47-49-52-55-58-61-64-67-73(76)79-70-71(80-74(77)68-65-62-59-56-53-50-46-30-27-24-21-18-15-12-9-6-3)69-78-72(75)66-63-60-57-54-51-48-45-29-26-23-20-17-14-11-8-5-2/h21,24,29-30,45-46,71H,4-20,22-23,25-28,31-44,47-70H2,1-3H3/b24-21-,45-29-,46-30-. The lowest BCUT2D eigenvalue weighted by molar-refractivity contribution is -0.167. The quantitative estimate of drug-likeness (QED) is 0.0261. The zero-order valence-corrected chi connectivity index (χ0v) is 54.1. The van der Waals surface area contributed by atoms with Gasteiger partial charge < -0.3 is 14.2 Å². The van der Waals surface area contributed by atoms with E-state index in [0.717, 1.165) is 89.9 Å². The first-order chi connectivity index (χ1) is 39.5. The molecule has 0 aromatic carbocycles. The van der Waals surface area contributed by atoms with Gasteiger partial charge in [-0.25, -0.2) is 0 Å². The number of esters is 3. The lowest BCUT2D eigenvalue weighted by atomic mass is 10.0. The Bertz CT molecular complexity index is 1340. The maximum Gasteiger partial charge on any atom is 0.306 e. The second-order valence-electron chi connectivity index (χ2n) is 24.5. The van der Waals surface area contributed by atoms with E-state index in [2.05, 4.69) is 57.2 Å². The van der Waals surface area contributed by atoms with Gasteiger partial charge >= 0.3 is 17.9 Å². The van der Waals surface area contributed by atoms with Crippen molar-refractivity contribution in [2.45, 2.75) is 406 Å². The minimum Gasteiger partial charge on any atom is -0.462 e. The molecule has 0 rings (SSSR count). The molecule has 0 aromatic heterocycles. The van der Waals surface area contributed by atoms with E-state index in [9.17, 15) is 14.4 Å². The molecule has 0 bridgehead atoms. The predicted molar refractivity (Wildman–Crippen MR) is 349 cm³/mol. The van der Waals surface area contributed by atoms with Crippen LogP contribution in [0.5, 0.6) is 0 Å². The third-order valence-corrected chi connectivity index (χ3v) is 16.4. The van der Waals surface area contributed by atoms with Crippen LogP contribution in [0.3, 0.4) is 0 Å². The van der Waals surface area contributed by atoms with Crippen LogP contribution < -0.4 is 0 Å². The summed E-state index contributed by atoms with van der Waals surface area (Å²) in [7, 11) is 0. The van der Waals surface area contributed by atoms with Crippen molar-refractivity contribution in [3.05, 3.63) is 36.5 Å². The third kappa shape index (κ3) is 66.4. The summed E-state index contributed by atoms with van der Waals surface area (Å²) in [5.74, 6) is -0.872. The Balaban J connectivity index is 4.19. The van der Waals surface area contributed by atoms with Gasteiger partial charge in [-0.1, -0.05) is 340 Å². The molecule has 0 aliphatic heterocycles. The van der Waals surface area contributed by atoms with Crippen molar-refractivity contribution in [3.63, 3.8) is 0 Å². The Hall–Kier alpha value is -2.37. The SMILES string of the molecule is CCCCCC/C=C\C/C=C\CCCCCCCC(=O)OC(COC(=O)CCCCCCC/C=C\CCCCCCCCC)COC(=O)CCCCCCCCCCCCCCCCCCCCCCCCCCCCCCCC. The van der Waals surface area contributed by atoms with Crippen molar-refractivity contribution in [3.8, 4) is 0 Å². The summed E-state index contributed by atoms with van der Waals surface area (Å²) in [5, 5.41) is 0. The highest BCUT2D eigenvalue weighted by Gasteiger charge is 2.19. The molecule has 0 radical (unpaired) electrons. The molecule has 0 heterocycles. The van der Waals surface area contributed by atoms with E-state index in [0.29, 0.717) is 19.3 Å². The molecule has 1 unspecified atom stereocenters. The molecule has 470 valence electrons. The number of unbranched alkanes of at least 4 members (excludes halogenated alkanes) is 50. The summed E-state index contributed by atoms with van der Waals surface area (Å²) < 4.78 is 17.0. The second kappa shape index (κ2) is 69.1. The highest BCUT2D eigenvalue weighted by Crippen LogP contribution is 2.19. The van der Waals surface area contributed by atoms with Crippen molar-refractivity contribution in [2.75, 3.05) is 13.2 Å². The topological polar surface area (TPSA) is 78.9 Å². The van der Waals surface area contributed by atoms with Gasteiger partial charge in [-0.05, 0) is 77.0 Å². The predicted octanol–water partition coefficient (Wildman–Crippen LogP) is 24.7. The van der Waals surface area contributed by atoms with Crippen molar-refractivity contribution >= 4 is 17.9 Å². The van der Waals surface area contributed by atoms with Crippen LogP contribution in [0.15, 0.2) is 36.5 Å². The molecule has 0 saturated heterocycles. The fourth-order valence-electron chi connectivity index (χ4n) is 10.9. The van der Waals surface area contributed by atoms with Gasteiger partial charge in [0.15, 0.2) is 6.10 Å². The molecule has 0 aliphatic rings. The molecule has 0 fully saturated rings. The Kier molecular flexibility index (Phi) is 67.1. The molecule has 0 aliphatic carbocycles. The highest BCUT2D eigenvalue weighted by atomic mass is 16.6. The molecule has 6 nitrogen and oxygen atoms in total. The molecule has 1 atom stereocenters. The van der Waals surface area contributed by atoms with E-state index in [1.165, 1.54) is 270 Å². The summed E-state index contributed by atoms with van der Waals surface area (Å²) in [6, 6.07) is 0. The number of carbonyl (C=O) groups is 3. The Morgan fingerprint density at radius 3 is 0.713 bits per heavy atom. The Morgan fingerprint density at radius 1 is 0.250 bits per heavy atom. The van der Waals surface area contributed by atoms with Gasteiger partial charge in [-0.3, -0.25) is 14.4 Å². The fourth-order valence-corrected chi connectivity index (χ4v) is 10.9. The molecule has 0 spiro atoms. The van der Waals surface area contributed by atoms with Gasteiger partial charge in [-0.2, -0.15) is 0 Å². The van der Waals surface area contributed by atoms with E-state index in [1.54, 1.807) is 0 Å². The normalized spacial score (nSPS) is 12.2. The smallest absolute Gasteiger partial charge is 0.306 e. The van der Waals surface area contributed by atoms with Gasteiger partial charge in [0, 0.05) is 19.3 Å². The number of hydrogen-bond acceptors (Lipinski definition) is 6. The number of ether oxygens (including phenoxy) is 3. The maximum atomic E-state index is 12.9. The van der Waals surface area contributed by atoms with Crippen LogP contribution in [-0.4, -0.2) is 37.2 Å². The average Bonchev–Trinajstić information content (AvgIpc) is 3.46. The summed E-state index contributed by atoms with van der Waals surface area (Å²) in [5.41, 5.74) is 0. The molecule has 6 heteroatoms. The van der Waals surface area contributed by atoms with Crippen molar-refractivity contribution < 1.29 is 28.6 Å². The number of carbonyl (C=O) groups excluding carboxylic acids is 3. The monoisotopic (exact) mass is 1120 g/mol. The second-order valence-corrected chi connectivity index (χ2v) is 24.5. The largest absolute Gasteiger partial charge is 0.462 e. The van der Waals surface area contributed by atoms with Crippen LogP contribution in [0.1, 0.15) is 400 Å². The average molecular weight is 1120 g/mol. The summed E-state index contributed by atoms with van der Waals surface area (Å²) in [6.07, 6.45) is 86.2. The van der Waals surface area contributed by atoms with E-state index in [4.69, 9.17) is 14.2 Å². The van der Waals surface area contributed by atoms with E-state index < -0.39 is 6.10 Å². The van der Waals surface area contributed by atoms with Crippen molar-refractivity contribution in [1.29, 1.82) is 0 Å². The summed E-state index contributed by atoms with van der Waals surface area (Å²) in [4.78, 5) is 38.4. The van der Waals surface area contributed by atoms with Crippen molar-refractivity contribution in [1.82, 2.24) is 0 Å². The molecular weight excluding hydrogens is 985 g/mol. The first kappa shape index (κ1) is 77.6. The fraction of sp³-hybridized carbons (Fsp3) is 0.878. The van der Waals surface area contributed by atoms with Crippen LogP contribution in [-0.2, 0) is 28.6 Å². The van der Waals surface area contributed by atoms with Crippen LogP contribution in [0.4, 0.5) is 0 Å².